The highest BCUT2D eigenvalue weighted by molar-refractivity contribution is 5.79. The van der Waals surface area contributed by atoms with E-state index in [1.165, 1.54) is 27.9 Å². The number of piperazine rings is 1. The molecule has 3 heteroatoms. The van der Waals surface area contributed by atoms with Gasteiger partial charge in [0.25, 0.3) is 0 Å². The molecule has 0 aliphatic carbocycles. The van der Waals surface area contributed by atoms with Gasteiger partial charge in [-0.05, 0) is 75.1 Å². The number of carbonyl (C=O) groups is 1. The van der Waals surface area contributed by atoms with Gasteiger partial charge in [-0.1, -0.05) is 12.1 Å². The summed E-state index contributed by atoms with van der Waals surface area (Å²) in [5.41, 5.74) is 8.55. The van der Waals surface area contributed by atoms with E-state index in [0.29, 0.717) is 6.04 Å². The van der Waals surface area contributed by atoms with Crippen LogP contribution in [0.4, 0.5) is 5.69 Å². The minimum atomic E-state index is 0.525. The van der Waals surface area contributed by atoms with E-state index >= 15 is 0 Å². The number of aryl methyl sites for hydroxylation is 4. The number of hydrogen-bond acceptors (Lipinski definition) is 2. The van der Waals surface area contributed by atoms with Crippen LogP contribution in [0.5, 0.6) is 0 Å². The van der Waals surface area contributed by atoms with Crippen molar-refractivity contribution < 1.29 is 9.69 Å². The van der Waals surface area contributed by atoms with Gasteiger partial charge < -0.3 is 9.80 Å². The normalized spacial score (nSPS) is 16.6. The van der Waals surface area contributed by atoms with Crippen molar-refractivity contribution in [3.05, 3.63) is 63.7 Å². The Morgan fingerprint density at radius 3 is 2.23 bits per heavy atom. The summed E-state index contributed by atoms with van der Waals surface area (Å²) >= 11 is 0. The Morgan fingerprint density at radius 2 is 1.62 bits per heavy atom. The van der Waals surface area contributed by atoms with Gasteiger partial charge in [0.05, 0.1) is 26.2 Å². The first kappa shape index (κ1) is 18.7. The summed E-state index contributed by atoms with van der Waals surface area (Å²) in [5.74, 6) is 0. The zero-order chi connectivity index (χ0) is 18.8. The molecule has 138 valence electrons. The zero-order valence-electron chi connectivity index (χ0n) is 16.7. The van der Waals surface area contributed by atoms with E-state index in [4.69, 9.17) is 0 Å². The minimum absolute atomic E-state index is 0.525. The van der Waals surface area contributed by atoms with Gasteiger partial charge in [0.1, 0.15) is 12.3 Å². The molecular weight excluding hydrogens is 320 g/mol. The topological polar surface area (TPSA) is 24.8 Å². The van der Waals surface area contributed by atoms with Crippen LogP contribution in [0.2, 0.25) is 0 Å². The van der Waals surface area contributed by atoms with Crippen LogP contribution >= 0.6 is 0 Å². The van der Waals surface area contributed by atoms with E-state index < -0.39 is 0 Å². The molecule has 1 N–H and O–H groups in total. The molecule has 0 saturated carbocycles. The first-order valence-corrected chi connectivity index (χ1v) is 9.63. The van der Waals surface area contributed by atoms with E-state index in [0.717, 1.165) is 43.6 Å². The molecular formula is C23H31N2O+. The maximum atomic E-state index is 11.1. The zero-order valence-corrected chi connectivity index (χ0v) is 16.7. The highest BCUT2D eigenvalue weighted by atomic mass is 16.1. The Bertz CT molecular complexity index is 804. The average molecular weight is 352 g/mol. The smallest absolute Gasteiger partial charge is 0.150 e. The summed E-state index contributed by atoms with van der Waals surface area (Å²) in [6.45, 7) is 15.3. The van der Waals surface area contributed by atoms with E-state index in [1.54, 1.807) is 4.90 Å². The fourth-order valence-corrected chi connectivity index (χ4v) is 4.03. The van der Waals surface area contributed by atoms with Crippen molar-refractivity contribution in [2.24, 2.45) is 0 Å². The lowest BCUT2D eigenvalue weighted by molar-refractivity contribution is -0.930. The first-order chi connectivity index (χ1) is 12.4. The molecule has 3 nitrogen and oxygen atoms in total. The van der Waals surface area contributed by atoms with Gasteiger partial charge in [-0.2, -0.15) is 0 Å². The van der Waals surface area contributed by atoms with Crippen LogP contribution in [0.1, 0.15) is 51.1 Å². The van der Waals surface area contributed by atoms with Crippen LogP contribution in [0.25, 0.3) is 0 Å². The molecule has 3 rings (SSSR count). The van der Waals surface area contributed by atoms with Crippen molar-refractivity contribution in [2.75, 3.05) is 31.1 Å². The van der Waals surface area contributed by atoms with Crippen LogP contribution in [0.15, 0.2) is 30.3 Å². The number of benzene rings is 2. The maximum Gasteiger partial charge on any atom is 0.150 e. The van der Waals surface area contributed by atoms with Gasteiger partial charge in [-0.25, -0.2) is 0 Å². The third-order valence-electron chi connectivity index (χ3n) is 6.10. The Hall–Kier alpha value is -2.13. The number of hydrogen-bond donors (Lipinski definition) is 1. The molecule has 0 bridgehead atoms. The predicted molar refractivity (Wildman–Crippen MR) is 109 cm³/mol. The second-order valence-corrected chi connectivity index (χ2v) is 7.82. The van der Waals surface area contributed by atoms with Crippen LogP contribution in [-0.4, -0.2) is 32.5 Å². The van der Waals surface area contributed by atoms with Gasteiger partial charge >= 0.3 is 0 Å². The molecule has 1 atom stereocenters. The van der Waals surface area contributed by atoms with E-state index in [1.807, 2.05) is 13.0 Å². The van der Waals surface area contributed by atoms with Gasteiger partial charge in [0, 0.05) is 16.8 Å². The third-order valence-corrected chi connectivity index (χ3v) is 6.10. The fourth-order valence-electron chi connectivity index (χ4n) is 4.03. The molecule has 0 unspecified atom stereocenters. The Labute approximate surface area is 157 Å². The van der Waals surface area contributed by atoms with Crippen LogP contribution in [-0.2, 0) is 0 Å². The van der Waals surface area contributed by atoms with Crippen molar-refractivity contribution >= 4 is 12.0 Å². The minimum Gasteiger partial charge on any atom is -0.360 e. The molecule has 0 spiro atoms. The number of nitrogens with one attached hydrogen (secondary N) is 1. The van der Waals surface area contributed by atoms with Crippen molar-refractivity contribution in [3.63, 3.8) is 0 Å². The van der Waals surface area contributed by atoms with Crippen molar-refractivity contribution in [2.45, 2.75) is 40.7 Å². The Balaban J connectivity index is 1.70. The summed E-state index contributed by atoms with van der Waals surface area (Å²) in [6.07, 6.45) is 0.958. The lowest BCUT2D eigenvalue weighted by atomic mass is 10.00. The molecule has 0 radical (unpaired) electrons. The Morgan fingerprint density at radius 1 is 0.923 bits per heavy atom. The largest absolute Gasteiger partial charge is 0.360 e. The van der Waals surface area contributed by atoms with Gasteiger partial charge in [0.15, 0.2) is 0 Å². The molecule has 1 fully saturated rings. The molecule has 0 aromatic heterocycles. The summed E-state index contributed by atoms with van der Waals surface area (Å²) < 4.78 is 0. The molecule has 2 aromatic carbocycles. The standard InChI is InChI=1S/C23H30N2O/c1-16-6-7-21(12-17(16)2)20(5)24-8-10-25(11-9-24)23-14-18(3)22(15-26)13-19(23)4/h6-7,12-15,20H,8-11H2,1-5H3/p+1/t20-/m0/s1. The average Bonchev–Trinajstić information content (AvgIpc) is 2.65. The van der Waals surface area contributed by atoms with Crippen LogP contribution in [0.3, 0.4) is 0 Å². The highest BCUT2D eigenvalue weighted by Crippen LogP contribution is 2.24. The van der Waals surface area contributed by atoms with E-state index in [-0.39, 0.29) is 0 Å². The lowest BCUT2D eigenvalue weighted by Crippen LogP contribution is -3.14. The number of anilines is 1. The molecule has 1 saturated heterocycles. The van der Waals surface area contributed by atoms with Crippen LogP contribution in [0, 0.1) is 27.7 Å². The molecule has 1 aliphatic heterocycles. The lowest BCUT2D eigenvalue weighted by Gasteiger charge is -2.37. The fraction of sp³-hybridized carbons (Fsp3) is 0.435. The van der Waals surface area contributed by atoms with Crippen LogP contribution < -0.4 is 9.80 Å². The monoisotopic (exact) mass is 351 g/mol. The van der Waals surface area contributed by atoms with Gasteiger partial charge in [-0.3, -0.25) is 4.79 Å². The van der Waals surface area contributed by atoms with Crippen molar-refractivity contribution in [3.8, 4) is 0 Å². The van der Waals surface area contributed by atoms with E-state index in [9.17, 15) is 4.79 Å². The number of quaternary nitrogens is 1. The number of carbonyl (C=O) groups excluding carboxylic acids is 1. The van der Waals surface area contributed by atoms with Gasteiger partial charge in [-0.15, -0.1) is 0 Å². The van der Waals surface area contributed by atoms with E-state index in [2.05, 4.69) is 56.9 Å². The summed E-state index contributed by atoms with van der Waals surface area (Å²) in [5, 5.41) is 0. The van der Waals surface area contributed by atoms with Crippen molar-refractivity contribution in [1.82, 2.24) is 0 Å². The third kappa shape index (κ3) is 3.68. The number of rotatable bonds is 4. The second kappa shape index (κ2) is 7.63. The second-order valence-electron chi connectivity index (χ2n) is 7.82. The van der Waals surface area contributed by atoms with Crippen molar-refractivity contribution in [1.29, 1.82) is 0 Å². The molecule has 0 amide bonds. The SMILES string of the molecule is Cc1ccc([C@H](C)[NH+]2CCN(c3cc(C)c(C=O)cc3C)CC2)cc1C. The quantitative estimate of drug-likeness (QED) is 0.856. The molecule has 1 heterocycles. The summed E-state index contributed by atoms with van der Waals surface area (Å²) in [4.78, 5) is 15.3. The summed E-state index contributed by atoms with van der Waals surface area (Å²) in [6, 6.07) is 11.6. The Kier molecular flexibility index (Phi) is 5.47. The molecule has 1 aliphatic rings. The molecule has 2 aromatic rings. The predicted octanol–water partition coefficient (Wildman–Crippen LogP) is 3.20. The highest BCUT2D eigenvalue weighted by Gasteiger charge is 2.26. The first-order valence-electron chi connectivity index (χ1n) is 9.63. The maximum absolute atomic E-state index is 11.1. The van der Waals surface area contributed by atoms with Gasteiger partial charge in [0.2, 0.25) is 0 Å². The number of nitrogens with zero attached hydrogens (tertiary/aromatic N) is 1. The summed E-state index contributed by atoms with van der Waals surface area (Å²) in [7, 11) is 0. The number of aldehydes is 1. The molecule has 26 heavy (non-hydrogen) atoms.